The van der Waals surface area contributed by atoms with Gasteiger partial charge in [-0.2, -0.15) is 0 Å². The molecular weight excluding hydrogens is 264 g/mol. The quantitative estimate of drug-likeness (QED) is 0.710. The zero-order valence-electron chi connectivity index (χ0n) is 9.99. The second kappa shape index (κ2) is 4.51. The number of carbonyl (C=O) groups is 1. The van der Waals surface area contributed by atoms with Crippen LogP contribution >= 0.6 is 11.8 Å². The summed E-state index contributed by atoms with van der Waals surface area (Å²) in [6, 6.07) is 7.72. The fourth-order valence-electron chi connectivity index (χ4n) is 1.76. The SMILES string of the molecule is C[C@@H](Sc1nnc2c(n1)[nH]c1ccccc12)C(=O)O. The maximum Gasteiger partial charge on any atom is 0.316 e. The second-order valence-electron chi connectivity index (χ2n) is 4.06. The van der Waals surface area contributed by atoms with Crippen molar-refractivity contribution < 1.29 is 9.90 Å². The van der Waals surface area contributed by atoms with Crippen LogP contribution in [0.5, 0.6) is 0 Å². The number of aromatic amines is 1. The Hall–Kier alpha value is -2.15. The Morgan fingerprint density at radius 3 is 2.95 bits per heavy atom. The number of benzene rings is 1. The van der Waals surface area contributed by atoms with Gasteiger partial charge in [0.15, 0.2) is 5.65 Å². The van der Waals surface area contributed by atoms with E-state index in [1.165, 1.54) is 0 Å². The highest BCUT2D eigenvalue weighted by molar-refractivity contribution is 8.00. The molecule has 3 aromatic rings. The highest BCUT2D eigenvalue weighted by Gasteiger charge is 2.16. The maximum absolute atomic E-state index is 10.8. The summed E-state index contributed by atoms with van der Waals surface area (Å²) < 4.78 is 0. The van der Waals surface area contributed by atoms with Crippen molar-refractivity contribution >= 4 is 39.8 Å². The topological polar surface area (TPSA) is 91.8 Å². The van der Waals surface area contributed by atoms with Crippen LogP contribution in [0.2, 0.25) is 0 Å². The number of H-pyrrole nitrogens is 1. The normalized spacial score (nSPS) is 12.9. The highest BCUT2D eigenvalue weighted by atomic mass is 32.2. The van der Waals surface area contributed by atoms with E-state index in [1.807, 2.05) is 24.3 Å². The molecule has 3 rings (SSSR count). The molecule has 1 aromatic carbocycles. The fraction of sp³-hybridized carbons (Fsp3) is 0.167. The van der Waals surface area contributed by atoms with Crippen LogP contribution in [0.4, 0.5) is 0 Å². The smallest absolute Gasteiger partial charge is 0.316 e. The number of nitrogens with zero attached hydrogens (tertiary/aromatic N) is 3. The number of para-hydroxylation sites is 1. The molecule has 0 saturated carbocycles. The second-order valence-corrected chi connectivity index (χ2v) is 5.37. The van der Waals surface area contributed by atoms with Gasteiger partial charge in [0.1, 0.15) is 10.8 Å². The van der Waals surface area contributed by atoms with Crippen molar-refractivity contribution in [3.8, 4) is 0 Å². The van der Waals surface area contributed by atoms with E-state index in [2.05, 4.69) is 20.2 Å². The minimum atomic E-state index is -0.898. The van der Waals surface area contributed by atoms with Crippen molar-refractivity contribution in [1.29, 1.82) is 0 Å². The Kier molecular flexibility index (Phi) is 2.83. The molecule has 0 amide bonds. The van der Waals surface area contributed by atoms with E-state index >= 15 is 0 Å². The van der Waals surface area contributed by atoms with E-state index in [4.69, 9.17) is 5.11 Å². The summed E-state index contributed by atoms with van der Waals surface area (Å²) in [5.41, 5.74) is 2.26. The molecule has 0 aliphatic rings. The van der Waals surface area contributed by atoms with E-state index < -0.39 is 11.2 Å². The third-order valence-corrected chi connectivity index (χ3v) is 3.67. The number of nitrogens with one attached hydrogen (secondary N) is 1. The number of hydrogen-bond donors (Lipinski definition) is 2. The van der Waals surface area contributed by atoms with Gasteiger partial charge in [-0.05, 0) is 13.0 Å². The fourth-order valence-corrected chi connectivity index (χ4v) is 2.41. The monoisotopic (exact) mass is 274 g/mol. The van der Waals surface area contributed by atoms with Crippen LogP contribution in [0.1, 0.15) is 6.92 Å². The van der Waals surface area contributed by atoms with Crippen LogP contribution in [0.25, 0.3) is 22.1 Å². The molecule has 0 bridgehead atoms. The number of aliphatic carboxylic acids is 1. The van der Waals surface area contributed by atoms with Gasteiger partial charge in [0.2, 0.25) is 5.16 Å². The zero-order valence-corrected chi connectivity index (χ0v) is 10.8. The Morgan fingerprint density at radius 1 is 1.37 bits per heavy atom. The molecule has 0 aliphatic carbocycles. The Balaban J connectivity index is 2.06. The van der Waals surface area contributed by atoms with Crippen molar-refractivity contribution in [1.82, 2.24) is 20.2 Å². The summed E-state index contributed by atoms with van der Waals surface area (Å²) in [5, 5.41) is 17.7. The van der Waals surface area contributed by atoms with Crippen LogP contribution in [0.15, 0.2) is 29.4 Å². The number of fused-ring (bicyclic) bond motifs is 3. The molecule has 1 atom stereocenters. The number of carboxylic acid groups (broad SMARTS) is 1. The van der Waals surface area contributed by atoms with E-state index in [1.54, 1.807) is 6.92 Å². The third-order valence-electron chi connectivity index (χ3n) is 2.73. The molecule has 0 fully saturated rings. The molecule has 0 unspecified atom stereocenters. The minimum Gasteiger partial charge on any atom is -0.480 e. The summed E-state index contributed by atoms with van der Waals surface area (Å²) in [4.78, 5) is 18.3. The van der Waals surface area contributed by atoms with E-state index in [9.17, 15) is 4.79 Å². The lowest BCUT2D eigenvalue weighted by Gasteiger charge is -2.02. The lowest BCUT2D eigenvalue weighted by atomic mass is 10.2. The Morgan fingerprint density at radius 2 is 2.16 bits per heavy atom. The molecule has 2 N–H and O–H groups in total. The van der Waals surface area contributed by atoms with Gasteiger partial charge in [-0.1, -0.05) is 30.0 Å². The van der Waals surface area contributed by atoms with Crippen molar-refractivity contribution in [3.63, 3.8) is 0 Å². The van der Waals surface area contributed by atoms with E-state index in [0.29, 0.717) is 16.3 Å². The molecular formula is C12H10N4O2S. The molecule has 7 heteroatoms. The first-order valence-electron chi connectivity index (χ1n) is 5.66. The molecule has 0 spiro atoms. The average molecular weight is 274 g/mol. The largest absolute Gasteiger partial charge is 0.480 e. The van der Waals surface area contributed by atoms with Gasteiger partial charge in [-0.15, -0.1) is 10.2 Å². The first-order chi connectivity index (χ1) is 9.15. The maximum atomic E-state index is 10.8. The number of rotatable bonds is 3. The Labute approximate surface area is 112 Å². The molecule has 2 aromatic heterocycles. The van der Waals surface area contributed by atoms with Gasteiger partial charge in [-0.3, -0.25) is 4.79 Å². The highest BCUT2D eigenvalue weighted by Crippen LogP contribution is 2.24. The standard InChI is InChI=1S/C12H10N4O2S/c1-6(11(17)18)19-12-14-10-9(15-16-12)7-4-2-3-5-8(7)13-10/h2-6H,1H3,(H,17,18)(H,13,14,16)/t6-/m1/s1. The molecule has 0 aliphatic heterocycles. The van der Waals surface area contributed by atoms with Crippen LogP contribution in [0, 0.1) is 0 Å². The zero-order chi connectivity index (χ0) is 13.4. The van der Waals surface area contributed by atoms with Gasteiger partial charge in [0, 0.05) is 10.9 Å². The number of aromatic nitrogens is 4. The van der Waals surface area contributed by atoms with Crippen molar-refractivity contribution in [2.75, 3.05) is 0 Å². The third kappa shape index (κ3) is 2.12. The van der Waals surface area contributed by atoms with Gasteiger partial charge in [0.05, 0.1) is 0 Å². The summed E-state index contributed by atoms with van der Waals surface area (Å²) >= 11 is 1.07. The van der Waals surface area contributed by atoms with Gasteiger partial charge in [-0.25, -0.2) is 4.98 Å². The first-order valence-corrected chi connectivity index (χ1v) is 6.54. The molecule has 6 nitrogen and oxygen atoms in total. The molecule has 0 radical (unpaired) electrons. The molecule has 2 heterocycles. The first kappa shape index (κ1) is 11.9. The van der Waals surface area contributed by atoms with Crippen LogP contribution in [-0.4, -0.2) is 36.5 Å². The van der Waals surface area contributed by atoms with Gasteiger partial charge in [0.25, 0.3) is 0 Å². The van der Waals surface area contributed by atoms with Crippen molar-refractivity contribution in [3.05, 3.63) is 24.3 Å². The summed E-state index contributed by atoms with van der Waals surface area (Å²) in [5.74, 6) is -0.898. The predicted octanol–water partition coefficient (Wildman–Crippen LogP) is 2.07. The molecule has 0 saturated heterocycles. The lowest BCUT2D eigenvalue weighted by molar-refractivity contribution is -0.136. The lowest BCUT2D eigenvalue weighted by Crippen LogP contribution is -2.12. The summed E-state index contributed by atoms with van der Waals surface area (Å²) in [6.07, 6.45) is 0. The molecule has 19 heavy (non-hydrogen) atoms. The number of thioether (sulfide) groups is 1. The predicted molar refractivity (Wildman–Crippen MR) is 72.1 cm³/mol. The Bertz CT molecular complexity index is 771. The van der Waals surface area contributed by atoms with Gasteiger partial charge >= 0.3 is 5.97 Å². The number of hydrogen-bond acceptors (Lipinski definition) is 5. The number of carboxylic acids is 1. The van der Waals surface area contributed by atoms with Crippen LogP contribution in [-0.2, 0) is 4.79 Å². The molecule has 96 valence electrons. The van der Waals surface area contributed by atoms with Crippen LogP contribution in [0.3, 0.4) is 0 Å². The van der Waals surface area contributed by atoms with Crippen molar-refractivity contribution in [2.24, 2.45) is 0 Å². The van der Waals surface area contributed by atoms with Gasteiger partial charge < -0.3 is 10.1 Å². The summed E-state index contributed by atoms with van der Waals surface area (Å²) in [7, 11) is 0. The van der Waals surface area contributed by atoms with Crippen LogP contribution < -0.4 is 0 Å². The van der Waals surface area contributed by atoms with E-state index in [0.717, 1.165) is 22.7 Å². The minimum absolute atomic E-state index is 0.356. The average Bonchev–Trinajstić information content (AvgIpc) is 2.76. The van der Waals surface area contributed by atoms with E-state index in [-0.39, 0.29) is 0 Å². The summed E-state index contributed by atoms with van der Waals surface area (Å²) in [6.45, 7) is 1.59. The van der Waals surface area contributed by atoms with Crippen molar-refractivity contribution in [2.45, 2.75) is 17.3 Å².